The fraction of sp³-hybridized carbons (Fsp3) is 0.611. The molecule has 1 amide bonds. The van der Waals surface area contributed by atoms with Crippen molar-refractivity contribution in [2.24, 2.45) is 0 Å². The lowest BCUT2D eigenvalue weighted by atomic mass is 9.73. The van der Waals surface area contributed by atoms with Gasteiger partial charge in [0.25, 0.3) is 0 Å². The summed E-state index contributed by atoms with van der Waals surface area (Å²) in [4.78, 5) is 16.9. The Morgan fingerprint density at radius 3 is 2.27 bits per heavy atom. The van der Waals surface area contributed by atoms with Gasteiger partial charge in [0.1, 0.15) is 5.60 Å². The van der Waals surface area contributed by atoms with Crippen molar-refractivity contribution in [3.05, 3.63) is 22.8 Å². The first-order valence-corrected chi connectivity index (χ1v) is 9.32. The van der Waals surface area contributed by atoms with Gasteiger partial charge in [-0.15, -0.1) is 12.6 Å². The quantitative estimate of drug-likeness (QED) is 0.545. The van der Waals surface area contributed by atoms with E-state index in [4.69, 9.17) is 4.74 Å². The Bertz CT molecular complexity index is 668. The van der Waals surface area contributed by atoms with Gasteiger partial charge in [0.15, 0.2) is 0 Å². The summed E-state index contributed by atoms with van der Waals surface area (Å²) in [6.07, 6.45) is -0.271. The van der Waals surface area contributed by atoms with Crippen LogP contribution < -0.4 is 5.46 Å². The molecule has 0 unspecified atom stereocenters. The van der Waals surface area contributed by atoms with E-state index >= 15 is 0 Å². The number of nitrogens with zero attached hydrogens (tertiary/aromatic N) is 2. The summed E-state index contributed by atoms with van der Waals surface area (Å²) in [5.41, 5.74) is 2.73. The van der Waals surface area contributed by atoms with Crippen LogP contribution in [0.1, 0.15) is 37.5 Å². The monoisotopic (exact) mass is 380 g/mol. The number of carbonyl (C=O) groups excluding carboxylic acids is 1. The van der Waals surface area contributed by atoms with E-state index in [1.54, 1.807) is 4.90 Å². The number of carbonyl (C=O) groups is 1. The summed E-state index contributed by atoms with van der Waals surface area (Å²) in [5.74, 6) is 0. The molecular weight excluding hydrogens is 351 g/mol. The third kappa shape index (κ3) is 5.16. The molecule has 144 valence electrons. The SMILES string of the molecule is Cc1c(S)cc(CN2CCN(C(=O)OC(C)(C)C)CC2)c(C)c1B(O)O. The van der Waals surface area contributed by atoms with Crippen LogP contribution in [-0.4, -0.2) is 64.8 Å². The number of thiol groups is 1. The maximum absolute atomic E-state index is 12.2. The summed E-state index contributed by atoms with van der Waals surface area (Å²) in [5, 5.41) is 19.4. The molecule has 0 aliphatic carbocycles. The summed E-state index contributed by atoms with van der Waals surface area (Å²) < 4.78 is 5.42. The topological polar surface area (TPSA) is 73.2 Å². The molecule has 1 fully saturated rings. The molecule has 0 spiro atoms. The zero-order valence-corrected chi connectivity index (χ0v) is 17.1. The fourth-order valence-corrected chi connectivity index (χ4v) is 3.46. The Kier molecular flexibility index (Phi) is 6.66. The Labute approximate surface area is 161 Å². The zero-order valence-electron chi connectivity index (χ0n) is 16.2. The van der Waals surface area contributed by atoms with Gasteiger partial charge < -0.3 is 19.7 Å². The predicted octanol–water partition coefficient (Wildman–Crippen LogP) is 1.32. The lowest BCUT2D eigenvalue weighted by molar-refractivity contribution is 0.0139. The van der Waals surface area contributed by atoms with Crippen LogP contribution in [0.25, 0.3) is 0 Å². The van der Waals surface area contributed by atoms with Gasteiger partial charge in [0, 0.05) is 37.6 Å². The minimum atomic E-state index is -1.51. The van der Waals surface area contributed by atoms with Gasteiger partial charge in [-0.3, -0.25) is 4.90 Å². The molecule has 8 heteroatoms. The molecule has 0 saturated carbocycles. The second kappa shape index (κ2) is 8.21. The minimum absolute atomic E-state index is 0.271. The van der Waals surface area contributed by atoms with E-state index in [9.17, 15) is 14.8 Å². The van der Waals surface area contributed by atoms with Crippen molar-refractivity contribution >= 4 is 31.3 Å². The van der Waals surface area contributed by atoms with Crippen LogP contribution in [0, 0.1) is 13.8 Å². The van der Waals surface area contributed by atoms with Crippen LogP contribution in [0.3, 0.4) is 0 Å². The highest BCUT2D eigenvalue weighted by molar-refractivity contribution is 7.80. The maximum Gasteiger partial charge on any atom is 0.489 e. The second-order valence-electron chi connectivity index (χ2n) is 7.84. The number of amides is 1. The first-order valence-electron chi connectivity index (χ1n) is 8.88. The molecule has 0 atom stereocenters. The van der Waals surface area contributed by atoms with E-state index < -0.39 is 12.7 Å². The highest BCUT2D eigenvalue weighted by Crippen LogP contribution is 2.20. The maximum atomic E-state index is 12.2. The van der Waals surface area contributed by atoms with E-state index in [1.165, 1.54) is 0 Å². The van der Waals surface area contributed by atoms with Crippen LogP contribution in [0.5, 0.6) is 0 Å². The van der Waals surface area contributed by atoms with Gasteiger partial charge in [0.05, 0.1) is 0 Å². The standard InChI is InChI=1S/C18H29BN2O4S/c1-12-14(10-15(26)13(2)16(12)19(23)24)11-20-6-8-21(9-7-20)17(22)25-18(3,4)5/h10,23-24,26H,6-9,11H2,1-5H3. The van der Waals surface area contributed by atoms with Crippen molar-refractivity contribution < 1.29 is 19.6 Å². The lowest BCUT2D eigenvalue weighted by Crippen LogP contribution is -2.49. The third-order valence-electron chi connectivity index (χ3n) is 4.66. The van der Waals surface area contributed by atoms with Crippen LogP contribution >= 0.6 is 12.6 Å². The largest absolute Gasteiger partial charge is 0.489 e. The molecule has 6 nitrogen and oxygen atoms in total. The summed E-state index contributed by atoms with van der Waals surface area (Å²) in [6, 6.07) is 1.99. The summed E-state index contributed by atoms with van der Waals surface area (Å²) in [6.45, 7) is 12.7. The van der Waals surface area contributed by atoms with E-state index in [0.717, 1.165) is 34.7 Å². The van der Waals surface area contributed by atoms with Crippen molar-refractivity contribution in [3.63, 3.8) is 0 Å². The highest BCUT2D eigenvalue weighted by Gasteiger charge is 2.27. The van der Waals surface area contributed by atoms with E-state index in [2.05, 4.69) is 17.5 Å². The summed E-state index contributed by atoms with van der Waals surface area (Å²) in [7, 11) is -1.51. The molecule has 0 bridgehead atoms. The van der Waals surface area contributed by atoms with Gasteiger partial charge in [-0.25, -0.2) is 4.79 Å². The van der Waals surface area contributed by atoms with Gasteiger partial charge >= 0.3 is 13.2 Å². The summed E-state index contributed by atoms with van der Waals surface area (Å²) >= 11 is 4.47. The van der Waals surface area contributed by atoms with Crippen LogP contribution in [0.15, 0.2) is 11.0 Å². The average molecular weight is 380 g/mol. The molecule has 26 heavy (non-hydrogen) atoms. The van der Waals surface area contributed by atoms with Crippen LogP contribution in [0.2, 0.25) is 0 Å². The van der Waals surface area contributed by atoms with Crippen LogP contribution in [0.4, 0.5) is 4.79 Å². The van der Waals surface area contributed by atoms with E-state index in [-0.39, 0.29) is 6.09 Å². The number of piperazine rings is 1. The Morgan fingerprint density at radius 2 is 1.77 bits per heavy atom. The Hall–Kier alpha value is -1.22. The highest BCUT2D eigenvalue weighted by atomic mass is 32.1. The number of ether oxygens (including phenoxy) is 1. The Balaban J connectivity index is 2.03. The lowest BCUT2D eigenvalue weighted by Gasteiger charge is -2.36. The van der Waals surface area contributed by atoms with Gasteiger partial charge in [-0.2, -0.15) is 0 Å². The number of benzene rings is 1. The number of hydrogen-bond donors (Lipinski definition) is 3. The smallest absolute Gasteiger partial charge is 0.444 e. The van der Waals surface area contributed by atoms with Crippen molar-refractivity contribution in [2.75, 3.05) is 26.2 Å². The number of rotatable bonds is 3. The molecular formula is C18H29BN2O4S. The van der Waals surface area contributed by atoms with Crippen molar-refractivity contribution in [1.29, 1.82) is 0 Å². The van der Waals surface area contributed by atoms with Gasteiger partial charge in [-0.1, -0.05) is 0 Å². The molecule has 0 aromatic heterocycles. The predicted molar refractivity (Wildman–Crippen MR) is 106 cm³/mol. The second-order valence-corrected chi connectivity index (χ2v) is 8.32. The van der Waals surface area contributed by atoms with Crippen molar-refractivity contribution in [1.82, 2.24) is 9.80 Å². The molecule has 1 heterocycles. The molecule has 1 aliphatic rings. The zero-order chi connectivity index (χ0) is 19.6. The third-order valence-corrected chi connectivity index (χ3v) is 5.13. The Morgan fingerprint density at radius 1 is 1.19 bits per heavy atom. The molecule has 1 aromatic carbocycles. The van der Waals surface area contributed by atoms with E-state index in [1.807, 2.05) is 40.7 Å². The van der Waals surface area contributed by atoms with Crippen molar-refractivity contribution in [3.8, 4) is 0 Å². The molecule has 0 radical (unpaired) electrons. The molecule has 1 aromatic rings. The average Bonchev–Trinajstić information content (AvgIpc) is 2.51. The fourth-order valence-electron chi connectivity index (χ4n) is 3.18. The van der Waals surface area contributed by atoms with Crippen molar-refractivity contribution in [2.45, 2.75) is 51.7 Å². The minimum Gasteiger partial charge on any atom is -0.444 e. The van der Waals surface area contributed by atoms with Gasteiger partial charge in [0.2, 0.25) is 0 Å². The molecule has 2 N–H and O–H groups in total. The molecule has 1 aliphatic heterocycles. The first-order chi connectivity index (χ1) is 12.0. The number of hydrogen-bond acceptors (Lipinski definition) is 6. The first kappa shape index (κ1) is 21.1. The van der Waals surface area contributed by atoms with E-state index in [0.29, 0.717) is 25.1 Å². The normalized spacial score (nSPS) is 15.9. The van der Waals surface area contributed by atoms with Gasteiger partial charge in [-0.05, 0) is 62.8 Å². The molecule has 1 saturated heterocycles. The molecule has 2 rings (SSSR count). The van der Waals surface area contributed by atoms with Crippen LogP contribution in [-0.2, 0) is 11.3 Å².